The van der Waals surface area contributed by atoms with Gasteiger partial charge in [0.1, 0.15) is 0 Å². The molecule has 1 atom stereocenters. The SMILES string of the molecule is CCCNC(c1cnn(C)c1)c1cc(Br)ccc1Br. The van der Waals surface area contributed by atoms with E-state index in [4.69, 9.17) is 0 Å². The van der Waals surface area contributed by atoms with E-state index in [1.807, 2.05) is 24.0 Å². The Labute approximate surface area is 130 Å². The first-order chi connectivity index (χ1) is 9.11. The predicted molar refractivity (Wildman–Crippen MR) is 85.2 cm³/mol. The highest BCUT2D eigenvalue weighted by Gasteiger charge is 2.17. The average molecular weight is 387 g/mol. The van der Waals surface area contributed by atoms with Gasteiger partial charge in [-0.2, -0.15) is 5.10 Å². The van der Waals surface area contributed by atoms with E-state index < -0.39 is 0 Å². The lowest BCUT2D eigenvalue weighted by Gasteiger charge is -2.19. The van der Waals surface area contributed by atoms with Gasteiger partial charge in [-0.15, -0.1) is 0 Å². The maximum atomic E-state index is 4.27. The summed E-state index contributed by atoms with van der Waals surface area (Å²) < 4.78 is 4.02. The quantitative estimate of drug-likeness (QED) is 0.840. The molecule has 1 aromatic heterocycles. The van der Waals surface area contributed by atoms with Crippen LogP contribution in [0.15, 0.2) is 39.5 Å². The van der Waals surface area contributed by atoms with Crippen LogP contribution < -0.4 is 5.32 Å². The summed E-state index contributed by atoms with van der Waals surface area (Å²) in [6, 6.07) is 6.40. The molecule has 0 aliphatic rings. The molecular weight excluding hydrogens is 370 g/mol. The number of halogens is 2. The second kappa shape index (κ2) is 6.68. The van der Waals surface area contributed by atoms with Crippen molar-refractivity contribution in [1.82, 2.24) is 15.1 Å². The van der Waals surface area contributed by atoms with Crippen LogP contribution in [0.2, 0.25) is 0 Å². The summed E-state index contributed by atoms with van der Waals surface area (Å²) >= 11 is 7.18. The van der Waals surface area contributed by atoms with Crippen LogP contribution in [-0.2, 0) is 7.05 Å². The summed E-state index contributed by atoms with van der Waals surface area (Å²) in [6.45, 7) is 3.14. The Bertz CT molecular complexity index is 551. The molecule has 2 aromatic rings. The minimum atomic E-state index is 0.153. The average Bonchev–Trinajstić information content (AvgIpc) is 2.80. The van der Waals surface area contributed by atoms with E-state index in [1.54, 1.807) is 0 Å². The van der Waals surface area contributed by atoms with Crippen LogP contribution >= 0.6 is 31.9 Å². The van der Waals surface area contributed by atoms with Gasteiger partial charge in [-0.1, -0.05) is 38.8 Å². The summed E-state index contributed by atoms with van der Waals surface area (Å²) in [5.74, 6) is 0. The Morgan fingerprint density at radius 3 is 2.79 bits per heavy atom. The van der Waals surface area contributed by atoms with Crippen LogP contribution in [0.5, 0.6) is 0 Å². The smallest absolute Gasteiger partial charge is 0.0619 e. The zero-order valence-electron chi connectivity index (χ0n) is 11.0. The Kier molecular flexibility index (Phi) is 5.19. The zero-order chi connectivity index (χ0) is 13.8. The second-order valence-electron chi connectivity index (χ2n) is 4.50. The van der Waals surface area contributed by atoms with Crippen molar-refractivity contribution in [3.8, 4) is 0 Å². The lowest BCUT2D eigenvalue weighted by molar-refractivity contribution is 0.596. The minimum absolute atomic E-state index is 0.153. The van der Waals surface area contributed by atoms with E-state index in [9.17, 15) is 0 Å². The van der Waals surface area contributed by atoms with E-state index in [0.717, 1.165) is 21.9 Å². The van der Waals surface area contributed by atoms with Crippen LogP contribution in [0.25, 0.3) is 0 Å². The normalized spacial score (nSPS) is 12.6. The standard InChI is InChI=1S/C14H17Br2N3/c1-3-6-17-14(10-8-18-19(2)9-10)12-7-11(15)4-5-13(12)16/h4-5,7-9,14,17H,3,6H2,1-2H3. The third kappa shape index (κ3) is 3.68. The van der Waals surface area contributed by atoms with E-state index in [-0.39, 0.29) is 6.04 Å². The van der Waals surface area contributed by atoms with Gasteiger partial charge in [-0.3, -0.25) is 4.68 Å². The van der Waals surface area contributed by atoms with Gasteiger partial charge in [0, 0.05) is 27.8 Å². The molecule has 19 heavy (non-hydrogen) atoms. The highest BCUT2D eigenvalue weighted by molar-refractivity contribution is 9.11. The summed E-state index contributed by atoms with van der Waals surface area (Å²) in [4.78, 5) is 0. The van der Waals surface area contributed by atoms with Crippen molar-refractivity contribution in [2.24, 2.45) is 7.05 Å². The van der Waals surface area contributed by atoms with Gasteiger partial charge in [0.25, 0.3) is 0 Å². The first kappa shape index (κ1) is 14.8. The predicted octanol–water partition coefficient (Wildman–Crippen LogP) is 4.03. The minimum Gasteiger partial charge on any atom is -0.306 e. The Balaban J connectivity index is 2.39. The number of aromatic nitrogens is 2. The molecule has 1 heterocycles. The van der Waals surface area contributed by atoms with Crippen molar-refractivity contribution in [2.45, 2.75) is 19.4 Å². The molecule has 0 fully saturated rings. The van der Waals surface area contributed by atoms with Gasteiger partial charge in [0.05, 0.1) is 12.2 Å². The van der Waals surface area contributed by atoms with Gasteiger partial charge >= 0.3 is 0 Å². The maximum Gasteiger partial charge on any atom is 0.0619 e. The molecule has 0 saturated heterocycles. The Morgan fingerprint density at radius 2 is 2.16 bits per heavy atom. The first-order valence-electron chi connectivity index (χ1n) is 6.28. The van der Waals surface area contributed by atoms with E-state index >= 15 is 0 Å². The van der Waals surface area contributed by atoms with Crippen LogP contribution in [-0.4, -0.2) is 16.3 Å². The number of nitrogens with zero attached hydrogens (tertiary/aromatic N) is 2. The van der Waals surface area contributed by atoms with Gasteiger partial charge in [-0.05, 0) is 36.7 Å². The fourth-order valence-electron chi connectivity index (χ4n) is 2.02. The summed E-state index contributed by atoms with van der Waals surface area (Å²) in [7, 11) is 1.94. The zero-order valence-corrected chi connectivity index (χ0v) is 14.2. The van der Waals surface area contributed by atoms with Gasteiger partial charge in [0.2, 0.25) is 0 Å². The van der Waals surface area contributed by atoms with Crippen molar-refractivity contribution in [3.05, 3.63) is 50.7 Å². The van der Waals surface area contributed by atoms with Crippen molar-refractivity contribution in [1.29, 1.82) is 0 Å². The van der Waals surface area contributed by atoms with Crippen LogP contribution in [0.3, 0.4) is 0 Å². The molecule has 1 unspecified atom stereocenters. The number of benzene rings is 1. The summed E-state index contributed by atoms with van der Waals surface area (Å²) in [5.41, 5.74) is 2.39. The molecule has 0 spiro atoms. The number of hydrogen-bond acceptors (Lipinski definition) is 2. The largest absolute Gasteiger partial charge is 0.306 e. The van der Waals surface area contributed by atoms with Gasteiger partial charge in [-0.25, -0.2) is 0 Å². The highest BCUT2D eigenvalue weighted by Crippen LogP contribution is 2.30. The molecule has 0 saturated carbocycles. The molecule has 5 heteroatoms. The van der Waals surface area contributed by atoms with Crippen molar-refractivity contribution < 1.29 is 0 Å². The van der Waals surface area contributed by atoms with E-state index in [2.05, 4.69) is 67.5 Å². The highest BCUT2D eigenvalue weighted by atomic mass is 79.9. The monoisotopic (exact) mass is 385 g/mol. The molecule has 0 radical (unpaired) electrons. The fraction of sp³-hybridized carbons (Fsp3) is 0.357. The number of hydrogen-bond donors (Lipinski definition) is 1. The molecule has 102 valence electrons. The molecule has 3 nitrogen and oxygen atoms in total. The summed E-state index contributed by atoms with van der Waals surface area (Å²) in [6.07, 6.45) is 5.07. The molecule has 0 bridgehead atoms. The number of aryl methyl sites for hydroxylation is 1. The molecule has 1 aromatic carbocycles. The van der Waals surface area contributed by atoms with E-state index in [1.165, 1.54) is 11.1 Å². The van der Waals surface area contributed by atoms with Crippen molar-refractivity contribution >= 4 is 31.9 Å². The van der Waals surface area contributed by atoms with Crippen LogP contribution in [0, 0.1) is 0 Å². The molecule has 2 rings (SSSR count). The van der Waals surface area contributed by atoms with Gasteiger partial charge < -0.3 is 5.32 Å². The molecule has 0 aliphatic carbocycles. The maximum absolute atomic E-state index is 4.27. The topological polar surface area (TPSA) is 29.9 Å². The number of rotatable bonds is 5. The molecule has 0 aliphatic heterocycles. The lowest BCUT2D eigenvalue weighted by atomic mass is 10.0. The molecule has 1 N–H and O–H groups in total. The lowest BCUT2D eigenvalue weighted by Crippen LogP contribution is -2.23. The third-order valence-corrected chi connectivity index (χ3v) is 4.14. The third-order valence-electron chi connectivity index (χ3n) is 2.93. The van der Waals surface area contributed by atoms with Crippen LogP contribution in [0.4, 0.5) is 0 Å². The second-order valence-corrected chi connectivity index (χ2v) is 6.27. The molecular formula is C14H17Br2N3. The Hall–Kier alpha value is -0.650. The van der Waals surface area contributed by atoms with Gasteiger partial charge in [0.15, 0.2) is 0 Å². The molecule has 0 amide bonds. The number of nitrogens with one attached hydrogen (secondary N) is 1. The Morgan fingerprint density at radius 1 is 1.37 bits per heavy atom. The summed E-state index contributed by atoms with van der Waals surface area (Å²) in [5, 5.41) is 7.85. The van der Waals surface area contributed by atoms with Crippen molar-refractivity contribution in [3.63, 3.8) is 0 Å². The van der Waals surface area contributed by atoms with Crippen LogP contribution in [0.1, 0.15) is 30.5 Å². The van der Waals surface area contributed by atoms with Crippen molar-refractivity contribution in [2.75, 3.05) is 6.54 Å². The fourth-order valence-corrected chi connectivity index (χ4v) is 2.88. The first-order valence-corrected chi connectivity index (χ1v) is 7.87. The van der Waals surface area contributed by atoms with E-state index in [0.29, 0.717) is 0 Å².